The summed E-state index contributed by atoms with van der Waals surface area (Å²) in [5.41, 5.74) is 3.16. The number of primary sulfonamides is 1. The summed E-state index contributed by atoms with van der Waals surface area (Å²) in [7, 11) is -7.29. The third kappa shape index (κ3) is 3.95. The van der Waals surface area contributed by atoms with E-state index in [-0.39, 0.29) is 10.6 Å². The minimum Gasteiger partial charge on any atom is -0.280 e. The van der Waals surface area contributed by atoms with Gasteiger partial charge < -0.3 is 0 Å². The molecule has 0 aliphatic heterocycles. The van der Waals surface area contributed by atoms with Gasteiger partial charge >= 0.3 is 0 Å². The van der Waals surface area contributed by atoms with Gasteiger partial charge in [-0.2, -0.15) is 0 Å². The fraction of sp³-hybridized carbons (Fsp3) is 0.250. The Hall–Kier alpha value is -1.90. The largest absolute Gasteiger partial charge is 0.280 e. The summed E-state index contributed by atoms with van der Waals surface area (Å²) in [6.07, 6.45) is 2.95. The number of aryl methyl sites for hydroxylation is 2. The highest BCUT2D eigenvalue weighted by Crippen LogP contribution is 2.26. The first-order chi connectivity index (χ1) is 11.2. The van der Waals surface area contributed by atoms with E-state index in [4.69, 9.17) is 5.14 Å². The number of rotatable bonds is 5. The molecule has 0 spiro atoms. The normalized spacial score (nSPS) is 14.4. The zero-order valence-electron chi connectivity index (χ0n) is 12.9. The molecule has 0 radical (unpaired) electrons. The van der Waals surface area contributed by atoms with Crippen molar-refractivity contribution in [1.29, 1.82) is 0 Å². The lowest BCUT2D eigenvalue weighted by atomic mass is 10.1. The van der Waals surface area contributed by atoms with Gasteiger partial charge in [-0.1, -0.05) is 18.2 Å². The first-order valence-electron chi connectivity index (χ1n) is 7.47. The van der Waals surface area contributed by atoms with Crippen LogP contribution in [0.2, 0.25) is 0 Å². The zero-order valence-corrected chi connectivity index (χ0v) is 14.5. The predicted molar refractivity (Wildman–Crippen MR) is 92.5 cm³/mol. The van der Waals surface area contributed by atoms with Crippen LogP contribution < -0.4 is 9.86 Å². The Bertz CT molecular complexity index is 966. The molecule has 3 N–H and O–H groups in total. The molecule has 1 aliphatic carbocycles. The number of benzene rings is 2. The summed E-state index contributed by atoms with van der Waals surface area (Å²) in [6, 6.07) is 11.3. The van der Waals surface area contributed by atoms with E-state index in [1.165, 1.54) is 29.8 Å². The van der Waals surface area contributed by atoms with E-state index < -0.39 is 20.0 Å². The van der Waals surface area contributed by atoms with Crippen molar-refractivity contribution in [1.82, 2.24) is 0 Å². The Morgan fingerprint density at radius 2 is 1.58 bits per heavy atom. The molecule has 0 saturated carbocycles. The van der Waals surface area contributed by atoms with Crippen LogP contribution >= 0.6 is 0 Å². The molecule has 0 atom stereocenters. The van der Waals surface area contributed by atoms with Crippen molar-refractivity contribution in [2.75, 3.05) is 4.72 Å². The predicted octanol–water partition coefficient (Wildman–Crippen LogP) is 1.76. The minimum atomic E-state index is -3.68. The summed E-state index contributed by atoms with van der Waals surface area (Å²) in [6.45, 7) is 0. The summed E-state index contributed by atoms with van der Waals surface area (Å²) in [4.78, 5) is 0.233. The lowest BCUT2D eigenvalue weighted by Gasteiger charge is -2.10. The molecule has 24 heavy (non-hydrogen) atoms. The van der Waals surface area contributed by atoms with E-state index in [1.54, 1.807) is 12.1 Å². The Kier molecular flexibility index (Phi) is 4.37. The Balaban J connectivity index is 1.79. The van der Waals surface area contributed by atoms with Gasteiger partial charge in [0.1, 0.15) is 0 Å². The van der Waals surface area contributed by atoms with Crippen molar-refractivity contribution < 1.29 is 16.8 Å². The third-order valence-electron chi connectivity index (χ3n) is 3.95. The molecule has 0 heterocycles. The van der Waals surface area contributed by atoms with Gasteiger partial charge in [0.25, 0.3) is 10.0 Å². The molecule has 0 unspecified atom stereocenters. The van der Waals surface area contributed by atoms with E-state index >= 15 is 0 Å². The van der Waals surface area contributed by atoms with E-state index in [9.17, 15) is 16.8 Å². The molecule has 0 saturated heterocycles. The molecular formula is C16H18N2O4S2. The lowest BCUT2D eigenvalue weighted by Crippen LogP contribution is -2.15. The average Bonchev–Trinajstić information content (AvgIpc) is 2.95. The molecule has 6 nitrogen and oxygen atoms in total. The second kappa shape index (κ2) is 6.19. The number of nitrogens with one attached hydrogen (secondary N) is 1. The maximum Gasteiger partial charge on any atom is 0.261 e. The molecule has 0 fully saturated rings. The van der Waals surface area contributed by atoms with Gasteiger partial charge in [-0.3, -0.25) is 4.72 Å². The molecule has 0 aromatic heterocycles. The van der Waals surface area contributed by atoms with Crippen LogP contribution in [0.1, 0.15) is 23.1 Å². The van der Waals surface area contributed by atoms with Crippen molar-refractivity contribution in [3.05, 3.63) is 59.2 Å². The van der Waals surface area contributed by atoms with Crippen molar-refractivity contribution in [3.8, 4) is 0 Å². The summed E-state index contributed by atoms with van der Waals surface area (Å²) in [5.74, 6) is -0.287. The fourth-order valence-electron chi connectivity index (χ4n) is 2.83. The third-order valence-corrected chi connectivity index (χ3v) is 6.07. The molecule has 2 aromatic rings. The molecule has 1 aliphatic rings. The molecule has 8 heteroatoms. The van der Waals surface area contributed by atoms with Gasteiger partial charge in [0.05, 0.1) is 10.6 Å². The van der Waals surface area contributed by atoms with E-state index in [1.807, 2.05) is 6.07 Å². The quantitative estimate of drug-likeness (QED) is 0.841. The smallest absolute Gasteiger partial charge is 0.261 e. The second-order valence-corrected chi connectivity index (χ2v) is 9.19. The van der Waals surface area contributed by atoms with Crippen LogP contribution in [0, 0.1) is 0 Å². The molecule has 0 amide bonds. The van der Waals surface area contributed by atoms with Crippen LogP contribution in [0.25, 0.3) is 0 Å². The van der Waals surface area contributed by atoms with Gasteiger partial charge in [0.2, 0.25) is 10.0 Å². The van der Waals surface area contributed by atoms with Crippen LogP contribution in [0.15, 0.2) is 47.4 Å². The molecule has 2 aromatic carbocycles. The number of nitrogens with two attached hydrogens (primary N) is 1. The Labute approximate surface area is 141 Å². The van der Waals surface area contributed by atoms with Crippen LogP contribution in [0.5, 0.6) is 0 Å². The summed E-state index contributed by atoms with van der Waals surface area (Å²) >= 11 is 0. The van der Waals surface area contributed by atoms with Crippen LogP contribution in [0.3, 0.4) is 0 Å². The Morgan fingerprint density at radius 1 is 0.917 bits per heavy atom. The summed E-state index contributed by atoms with van der Waals surface area (Å²) in [5, 5.41) is 4.99. The van der Waals surface area contributed by atoms with E-state index in [2.05, 4.69) is 4.72 Å². The number of hydrogen-bond acceptors (Lipinski definition) is 4. The van der Waals surface area contributed by atoms with Gasteiger partial charge in [-0.25, -0.2) is 22.0 Å². The average molecular weight is 366 g/mol. The maximum absolute atomic E-state index is 12.5. The maximum atomic E-state index is 12.5. The van der Waals surface area contributed by atoms with Crippen molar-refractivity contribution in [2.45, 2.75) is 29.9 Å². The highest BCUT2D eigenvalue weighted by Gasteiger charge is 2.18. The zero-order chi connectivity index (χ0) is 17.4. The van der Waals surface area contributed by atoms with Crippen molar-refractivity contribution in [3.63, 3.8) is 0 Å². The van der Waals surface area contributed by atoms with Gasteiger partial charge in [-0.05, 0) is 60.2 Å². The number of fused-ring (bicyclic) bond motifs is 1. The SMILES string of the molecule is NS(=O)(=O)Cc1ccc(NS(=O)(=O)c2ccc3c(c2)CCC3)cc1. The molecular weight excluding hydrogens is 348 g/mol. The number of anilines is 1. The lowest BCUT2D eigenvalue weighted by molar-refractivity contribution is 0.596. The molecule has 3 rings (SSSR count). The fourth-order valence-corrected chi connectivity index (χ4v) is 4.60. The van der Waals surface area contributed by atoms with Crippen molar-refractivity contribution >= 4 is 25.7 Å². The standard InChI is InChI=1S/C16H18N2O4S2/c17-23(19,20)11-12-4-7-15(8-5-12)18-24(21,22)16-9-6-13-2-1-3-14(13)10-16/h4-10,18H,1-3,11H2,(H2,17,19,20). The Morgan fingerprint density at radius 3 is 2.25 bits per heavy atom. The minimum absolute atomic E-state index is 0.233. The first-order valence-corrected chi connectivity index (χ1v) is 10.7. The number of sulfonamides is 2. The number of hydrogen-bond donors (Lipinski definition) is 2. The van der Waals surface area contributed by atoms with Gasteiger partial charge in [0, 0.05) is 5.69 Å². The van der Waals surface area contributed by atoms with E-state index in [0.29, 0.717) is 11.3 Å². The molecule has 128 valence electrons. The highest BCUT2D eigenvalue weighted by molar-refractivity contribution is 7.92. The van der Waals surface area contributed by atoms with Crippen LogP contribution in [-0.2, 0) is 38.6 Å². The first kappa shape index (κ1) is 16.9. The second-order valence-electron chi connectivity index (χ2n) is 5.89. The van der Waals surface area contributed by atoms with Crippen LogP contribution in [-0.4, -0.2) is 16.8 Å². The van der Waals surface area contributed by atoms with Crippen molar-refractivity contribution in [2.24, 2.45) is 5.14 Å². The monoisotopic (exact) mass is 366 g/mol. The highest BCUT2D eigenvalue weighted by atomic mass is 32.2. The van der Waals surface area contributed by atoms with E-state index in [0.717, 1.165) is 24.8 Å². The summed E-state index contributed by atoms with van der Waals surface area (Å²) < 4.78 is 49.6. The van der Waals surface area contributed by atoms with Gasteiger partial charge in [0.15, 0.2) is 0 Å². The van der Waals surface area contributed by atoms with Crippen LogP contribution in [0.4, 0.5) is 5.69 Å². The topological polar surface area (TPSA) is 106 Å². The molecule has 0 bridgehead atoms. The van der Waals surface area contributed by atoms with Gasteiger partial charge in [-0.15, -0.1) is 0 Å².